The van der Waals surface area contributed by atoms with Crippen LogP contribution in [-0.2, 0) is 9.53 Å². The molecule has 234 valence electrons. The molecular weight excluding hydrogens is 492 g/mol. The second-order valence-corrected chi connectivity index (χ2v) is 14.2. The van der Waals surface area contributed by atoms with Gasteiger partial charge in [-0.25, -0.2) is 0 Å². The van der Waals surface area contributed by atoms with Crippen LogP contribution in [0, 0.1) is 5.41 Å². The van der Waals surface area contributed by atoms with E-state index < -0.39 is 0 Å². The van der Waals surface area contributed by atoms with Gasteiger partial charge in [0.05, 0.1) is 13.0 Å². The first-order chi connectivity index (χ1) is 19.7. The molecule has 0 amide bonds. The number of piperidine rings is 1. The maximum absolute atomic E-state index is 12.3. The molecule has 3 aliphatic rings. The van der Waals surface area contributed by atoms with Crippen LogP contribution in [0.2, 0.25) is 0 Å². The standard InChI is InChI=1S/C36H68N2O2/c1-2-3-4-5-6-7-8-9-13-16-19-22-31-40-34(39)23-28-38-29-26-35(27-30-38)32-36(37-33-35)24-20-17-14-11-10-12-15-18-21-25-36/h37H,2-33H2,1H3. The van der Waals surface area contributed by atoms with E-state index in [9.17, 15) is 4.79 Å². The third kappa shape index (κ3) is 13.6. The Hall–Kier alpha value is -0.610. The van der Waals surface area contributed by atoms with Crippen LogP contribution in [0.25, 0.3) is 0 Å². The number of hydrogen-bond donors (Lipinski definition) is 1. The van der Waals surface area contributed by atoms with Crippen LogP contribution in [0.5, 0.6) is 0 Å². The molecule has 3 rings (SSSR count). The Bertz CT molecular complexity index is 631. The number of carbonyl (C=O) groups is 1. The number of likely N-dealkylation sites (tertiary alicyclic amines) is 1. The Balaban J connectivity index is 1.19. The Morgan fingerprint density at radius 2 is 1.18 bits per heavy atom. The zero-order valence-corrected chi connectivity index (χ0v) is 26.9. The minimum absolute atomic E-state index is 0.0121. The summed E-state index contributed by atoms with van der Waals surface area (Å²) in [6, 6.07) is 0. The van der Waals surface area contributed by atoms with Gasteiger partial charge >= 0.3 is 5.97 Å². The lowest BCUT2D eigenvalue weighted by molar-refractivity contribution is -0.144. The van der Waals surface area contributed by atoms with Crippen molar-refractivity contribution in [1.29, 1.82) is 0 Å². The third-order valence-corrected chi connectivity index (χ3v) is 10.7. The van der Waals surface area contributed by atoms with Crippen LogP contribution >= 0.6 is 0 Å². The second kappa shape index (κ2) is 20.3. The predicted molar refractivity (Wildman–Crippen MR) is 171 cm³/mol. The van der Waals surface area contributed by atoms with Crippen molar-refractivity contribution >= 4 is 5.97 Å². The van der Waals surface area contributed by atoms with E-state index >= 15 is 0 Å². The van der Waals surface area contributed by atoms with Gasteiger partial charge in [0.15, 0.2) is 0 Å². The molecule has 0 radical (unpaired) electrons. The number of nitrogens with one attached hydrogen (secondary N) is 1. The molecule has 2 heterocycles. The van der Waals surface area contributed by atoms with Crippen molar-refractivity contribution < 1.29 is 9.53 Å². The summed E-state index contributed by atoms with van der Waals surface area (Å²) in [5.74, 6) is 0.0121. The molecule has 0 aromatic rings. The highest BCUT2D eigenvalue weighted by Gasteiger charge is 2.48. The highest BCUT2D eigenvalue weighted by atomic mass is 16.5. The van der Waals surface area contributed by atoms with Crippen molar-refractivity contribution in [2.75, 3.05) is 32.8 Å². The molecule has 3 fully saturated rings. The van der Waals surface area contributed by atoms with Crippen molar-refractivity contribution in [2.24, 2.45) is 5.41 Å². The van der Waals surface area contributed by atoms with Gasteiger partial charge in [-0.05, 0) is 57.0 Å². The van der Waals surface area contributed by atoms with Crippen LogP contribution in [0.4, 0.5) is 0 Å². The number of carbonyl (C=O) groups excluding carboxylic acids is 1. The molecule has 0 bridgehead atoms. The van der Waals surface area contributed by atoms with Gasteiger partial charge in [-0.3, -0.25) is 4.79 Å². The van der Waals surface area contributed by atoms with E-state index in [0.29, 0.717) is 24.0 Å². The van der Waals surface area contributed by atoms with Gasteiger partial charge < -0.3 is 15.0 Å². The molecule has 2 spiro atoms. The van der Waals surface area contributed by atoms with Crippen LogP contribution in [-0.4, -0.2) is 49.2 Å². The van der Waals surface area contributed by atoms with Crippen molar-refractivity contribution in [2.45, 2.75) is 186 Å². The van der Waals surface area contributed by atoms with Gasteiger partial charge in [0.25, 0.3) is 0 Å². The maximum atomic E-state index is 12.3. The fourth-order valence-electron chi connectivity index (χ4n) is 7.92. The summed E-state index contributed by atoms with van der Waals surface area (Å²) >= 11 is 0. The Kier molecular flexibility index (Phi) is 17.2. The lowest BCUT2D eigenvalue weighted by Crippen LogP contribution is -2.42. The smallest absolute Gasteiger partial charge is 0.307 e. The summed E-state index contributed by atoms with van der Waals surface area (Å²) < 4.78 is 5.58. The first-order valence-electron chi connectivity index (χ1n) is 18.3. The SMILES string of the molecule is CCCCCCCCCCCCCCOC(=O)CCN1CCC2(CC1)CNC1(CCCCCCCCCCC1)C2. The maximum Gasteiger partial charge on any atom is 0.307 e. The number of ether oxygens (including phenoxy) is 1. The zero-order valence-electron chi connectivity index (χ0n) is 26.9. The fraction of sp³-hybridized carbons (Fsp3) is 0.972. The molecule has 0 aromatic heterocycles. The fourth-order valence-corrected chi connectivity index (χ4v) is 7.92. The normalized spacial score (nSPS) is 22.2. The third-order valence-electron chi connectivity index (χ3n) is 10.7. The molecule has 0 unspecified atom stereocenters. The van der Waals surface area contributed by atoms with Crippen LogP contribution < -0.4 is 5.32 Å². The number of esters is 1. The largest absolute Gasteiger partial charge is 0.466 e. The first-order valence-corrected chi connectivity index (χ1v) is 18.3. The molecule has 2 saturated heterocycles. The van der Waals surface area contributed by atoms with E-state index in [4.69, 9.17) is 4.74 Å². The van der Waals surface area contributed by atoms with Crippen LogP contribution in [0.1, 0.15) is 180 Å². The molecule has 4 nitrogen and oxygen atoms in total. The Labute approximate surface area is 249 Å². The molecule has 1 saturated carbocycles. The number of rotatable bonds is 16. The quantitative estimate of drug-likeness (QED) is 0.151. The number of nitrogens with zero attached hydrogens (tertiary/aromatic N) is 1. The van der Waals surface area contributed by atoms with Crippen LogP contribution in [0.3, 0.4) is 0 Å². The number of unbranched alkanes of at least 4 members (excludes halogenated alkanes) is 11. The summed E-state index contributed by atoms with van der Waals surface area (Å²) in [6.45, 7) is 7.32. The van der Waals surface area contributed by atoms with E-state index in [1.54, 1.807) is 0 Å². The molecule has 1 aliphatic carbocycles. The number of hydrogen-bond acceptors (Lipinski definition) is 4. The summed E-state index contributed by atoms with van der Waals surface area (Å²) in [5, 5.41) is 4.12. The van der Waals surface area contributed by atoms with Gasteiger partial charge in [0, 0.05) is 18.6 Å². The molecule has 0 atom stereocenters. The van der Waals surface area contributed by atoms with Crippen molar-refractivity contribution in [3.63, 3.8) is 0 Å². The van der Waals surface area contributed by atoms with Gasteiger partial charge in [-0.15, -0.1) is 0 Å². The molecular formula is C36H68N2O2. The zero-order chi connectivity index (χ0) is 28.2. The monoisotopic (exact) mass is 561 g/mol. The second-order valence-electron chi connectivity index (χ2n) is 14.2. The summed E-state index contributed by atoms with van der Waals surface area (Å²) in [7, 11) is 0. The minimum atomic E-state index is 0.0121. The summed E-state index contributed by atoms with van der Waals surface area (Å²) in [5.41, 5.74) is 0.918. The Morgan fingerprint density at radius 1 is 0.675 bits per heavy atom. The van der Waals surface area contributed by atoms with E-state index in [2.05, 4.69) is 17.1 Å². The minimum Gasteiger partial charge on any atom is -0.466 e. The average molecular weight is 561 g/mol. The lowest BCUT2D eigenvalue weighted by atomic mass is 9.71. The summed E-state index contributed by atoms with van der Waals surface area (Å²) in [4.78, 5) is 14.9. The topological polar surface area (TPSA) is 41.6 Å². The molecule has 40 heavy (non-hydrogen) atoms. The van der Waals surface area contributed by atoms with E-state index in [1.807, 2.05) is 0 Å². The van der Waals surface area contributed by atoms with Gasteiger partial charge in [0.2, 0.25) is 0 Å². The van der Waals surface area contributed by atoms with Crippen molar-refractivity contribution in [3.05, 3.63) is 0 Å². The molecule has 2 aliphatic heterocycles. The molecule has 0 aromatic carbocycles. The Morgan fingerprint density at radius 3 is 1.73 bits per heavy atom. The van der Waals surface area contributed by atoms with E-state index in [1.165, 1.54) is 167 Å². The highest BCUT2D eigenvalue weighted by molar-refractivity contribution is 5.69. The summed E-state index contributed by atoms with van der Waals surface area (Å²) in [6.07, 6.45) is 36.4. The van der Waals surface area contributed by atoms with Gasteiger partial charge in [-0.1, -0.05) is 135 Å². The van der Waals surface area contributed by atoms with E-state index in [0.717, 1.165) is 26.1 Å². The average Bonchev–Trinajstić information content (AvgIpc) is 3.31. The van der Waals surface area contributed by atoms with Crippen molar-refractivity contribution in [1.82, 2.24) is 10.2 Å². The first kappa shape index (κ1) is 33.9. The van der Waals surface area contributed by atoms with E-state index in [-0.39, 0.29) is 5.97 Å². The molecule has 1 N–H and O–H groups in total. The van der Waals surface area contributed by atoms with Gasteiger partial charge in [0.1, 0.15) is 0 Å². The highest BCUT2D eigenvalue weighted by Crippen LogP contribution is 2.47. The van der Waals surface area contributed by atoms with Gasteiger partial charge in [-0.2, -0.15) is 0 Å². The predicted octanol–water partition coefficient (Wildman–Crippen LogP) is 9.74. The molecule has 4 heteroatoms. The van der Waals surface area contributed by atoms with Crippen LogP contribution in [0.15, 0.2) is 0 Å². The lowest BCUT2D eigenvalue weighted by Gasteiger charge is -2.40. The van der Waals surface area contributed by atoms with Crippen molar-refractivity contribution in [3.8, 4) is 0 Å².